The van der Waals surface area contributed by atoms with Gasteiger partial charge < -0.3 is 9.32 Å². The zero-order valence-corrected chi connectivity index (χ0v) is 16.1. The van der Waals surface area contributed by atoms with Crippen molar-refractivity contribution in [2.45, 2.75) is 0 Å². The van der Waals surface area contributed by atoms with Crippen molar-refractivity contribution in [2.75, 3.05) is 4.90 Å². The molecule has 0 aliphatic rings. The third-order valence-corrected chi connectivity index (χ3v) is 5.35. The Labute approximate surface area is 165 Å². The largest absolute Gasteiger partial charge is 0.453 e. The Bertz CT molecular complexity index is 1190. The zero-order chi connectivity index (χ0) is 18.2. The highest BCUT2D eigenvalue weighted by atomic mass is 79.9. The first-order valence-electron chi connectivity index (χ1n) is 8.83. The summed E-state index contributed by atoms with van der Waals surface area (Å²) >= 11 is 3.62. The fourth-order valence-corrected chi connectivity index (χ4v) is 3.98. The summed E-state index contributed by atoms with van der Waals surface area (Å²) in [5.41, 5.74) is 4.97. The lowest BCUT2D eigenvalue weighted by Gasteiger charge is -2.25. The van der Waals surface area contributed by atoms with Gasteiger partial charge in [-0.05, 0) is 52.3 Å². The maximum Gasteiger partial charge on any atom is 0.159 e. The lowest BCUT2D eigenvalue weighted by atomic mass is 10.1. The van der Waals surface area contributed by atoms with Gasteiger partial charge in [-0.15, -0.1) is 0 Å². The highest BCUT2D eigenvalue weighted by molar-refractivity contribution is 9.10. The van der Waals surface area contributed by atoms with Gasteiger partial charge in [0.25, 0.3) is 0 Å². The molecule has 0 saturated carbocycles. The van der Waals surface area contributed by atoms with Crippen LogP contribution in [-0.4, -0.2) is 0 Å². The second kappa shape index (κ2) is 6.60. The highest BCUT2D eigenvalue weighted by Crippen LogP contribution is 2.42. The molecule has 130 valence electrons. The van der Waals surface area contributed by atoms with E-state index in [1.54, 1.807) is 0 Å². The minimum atomic E-state index is 0.876. The molecule has 1 aromatic heterocycles. The number of anilines is 3. The Morgan fingerprint density at radius 1 is 0.556 bits per heavy atom. The third kappa shape index (κ3) is 2.71. The van der Waals surface area contributed by atoms with E-state index >= 15 is 0 Å². The number of furan rings is 1. The Kier molecular flexibility index (Phi) is 3.95. The van der Waals surface area contributed by atoms with Crippen LogP contribution in [0.3, 0.4) is 0 Å². The van der Waals surface area contributed by atoms with Crippen molar-refractivity contribution in [2.24, 2.45) is 0 Å². The molecule has 4 aromatic carbocycles. The summed E-state index contributed by atoms with van der Waals surface area (Å²) in [5, 5.41) is 2.22. The van der Waals surface area contributed by atoms with Crippen LogP contribution in [0.25, 0.3) is 21.9 Å². The van der Waals surface area contributed by atoms with Crippen LogP contribution in [0.1, 0.15) is 0 Å². The van der Waals surface area contributed by atoms with Gasteiger partial charge in [0.05, 0.1) is 10.2 Å². The van der Waals surface area contributed by atoms with Crippen molar-refractivity contribution in [3.63, 3.8) is 0 Å². The third-order valence-electron chi connectivity index (χ3n) is 4.73. The SMILES string of the molecule is Brc1cccc2c1oc1c(N(c3ccccc3)c3ccccc3)cccc12. The molecule has 0 aliphatic heterocycles. The number of para-hydroxylation sites is 4. The number of fused-ring (bicyclic) bond motifs is 3. The zero-order valence-electron chi connectivity index (χ0n) is 14.5. The predicted octanol–water partition coefficient (Wildman–Crippen LogP) is 7.82. The van der Waals surface area contributed by atoms with Crippen LogP contribution in [0, 0.1) is 0 Å². The van der Waals surface area contributed by atoms with Crippen LogP contribution >= 0.6 is 15.9 Å². The van der Waals surface area contributed by atoms with Crippen LogP contribution < -0.4 is 4.90 Å². The fraction of sp³-hybridized carbons (Fsp3) is 0. The normalized spacial score (nSPS) is 11.1. The number of nitrogens with zero attached hydrogens (tertiary/aromatic N) is 1. The summed E-state index contributed by atoms with van der Waals surface area (Å²) in [4.78, 5) is 2.23. The molecule has 0 fully saturated rings. The average Bonchev–Trinajstić information content (AvgIpc) is 3.11. The van der Waals surface area contributed by atoms with Crippen LogP contribution in [-0.2, 0) is 0 Å². The Morgan fingerprint density at radius 2 is 1.11 bits per heavy atom. The Balaban J connectivity index is 1.83. The molecule has 0 radical (unpaired) electrons. The van der Waals surface area contributed by atoms with E-state index in [1.807, 2.05) is 24.3 Å². The summed E-state index contributed by atoms with van der Waals surface area (Å²) in [6.07, 6.45) is 0. The number of hydrogen-bond acceptors (Lipinski definition) is 2. The van der Waals surface area contributed by atoms with Crippen molar-refractivity contribution in [1.29, 1.82) is 0 Å². The van der Waals surface area contributed by atoms with Gasteiger partial charge in [-0.25, -0.2) is 0 Å². The minimum absolute atomic E-state index is 0.876. The van der Waals surface area contributed by atoms with E-state index in [0.717, 1.165) is 43.5 Å². The average molecular weight is 414 g/mol. The molecular formula is C24H16BrNO. The monoisotopic (exact) mass is 413 g/mol. The first kappa shape index (κ1) is 16.2. The molecule has 2 nitrogen and oxygen atoms in total. The molecule has 0 atom stereocenters. The smallest absolute Gasteiger partial charge is 0.159 e. The number of halogens is 1. The van der Waals surface area contributed by atoms with E-state index < -0.39 is 0 Å². The molecule has 5 aromatic rings. The maximum atomic E-state index is 6.35. The maximum absolute atomic E-state index is 6.35. The summed E-state index contributed by atoms with van der Waals surface area (Å²) in [5.74, 6) is 0. The first-order chi connectivity index (χ1) is 13.3. The Hall–Kier alpha value is -3.04. The summed E-state index contributed by atoms with van der Waals surface area (Å²) in [6, 6.07) is 33.2. The molecule has 0 N–H and O–H groups in total. The topological polar surface area (TPSA) is 16.4 Å². The molecule has 0 spiro atoms. The quantitative estimate of drug-likeness (QED) is 0.299. The minimum Gasteiger partial charge on any atom is -0.453 e. The fourth-order valence-electron chi connectivity index (χ4n) is 3.53. The summed E-state index contributed by atoms with van der Waals surface area (Å²) in [7, 11) is 0. The van der Waals surface area contributed by atoms with Crippen LogP contribution in [0.4, 0.5) is 17.1 Å². The van der Waals surface area contributed by atoms with Crippen LogP contribution in [0.2, 0.25) is 0 Å². The van der Waals surface area contributed by atoms with Crippen molar-refractivity contribution < 1.29 is 4.42 Å². The number of hydrogen-bond donors (Lipinski definition) is 0. The van der Waals surface area contributed by atoms with E-state index in [0.29, 0.717) is 0 Å². The van der Waals surface area contributed by atoms with Gasteiger partial charge in [-0.3, -0.25) is 0 Å². The summed E-state index contributed by atoms with van der Waals surface area (Å²) < 4.78 is 7.32. The van der Waals surface area contributed by atoms with E-state index in [9.17, 15) is 0 Å². The lowest BCUT2D eigenvalue weighted by Crippen LogP contribution is -2.09. The molecule has 1 heterocycles. The van der Waals surface area contributed by atoms with Crippen molar-refractivity contribution in [3.8, 4) is 0 Å². The van der Waals surface area contributed by atoms with Gasteiger partial charge in [-0.1, -0.05) is 60.7 Å². The van der Waals surface area contributed by atoms with Gasteiger partial charge in [0.1, 0.15) is 5.58 Å². The van der Waals surface area contributed by atoms with Gasteiger partial charge >= 0.3 is 0 Å². The molecule has 0 amide bonds. The van der Waals surface area contributed by atoms with Gasteiger partial charge in [0.2, 0.25) is 0 Å². The number of benzene rings is 4. The molecule has 0 aliphatic carbocycles. The standard InChI is InChI=1S/C24H16BrNO/c25-21-15-7-13-19-20-14-8-16-22(24(20)27-23(19)21)26(17-9-3-1-4-10-17)18-11-5-2-6-12-18/h1-16H. The molecule has 0 unspecified atom stereocenters. The highest BCUT2D eigenvalue weighted by Gasteiger charge is 2.19. The van der Waals surface area contributed by atoms with E-state index in [-0.39, 0.29) is 0 Å². The number of rotatable bonds is 3. The molecule has 0 bridgehead atoms. The van der Waals surface area contributed by atoms with Crippen molar-refractivity contribution in [3.05, 3.63) is 102 Å². The van der Waals surface area contributed by atoms with Crippen LogP contribution in [0.15, 0.2) is 106 Å². The lowest BCUT2D eigenvalue weighted by molar-refractivity contribution is 0.667. The Morgan fingerprint density at radius 3 is 1.74 bits per heavy atom. The molecule has 5 rings (SSSR count). The van der Waals surface area contributed by atoms with E-state index in [4.69, 9.17) is 4.42 Å². The van der Waals surface area contributed by atoms with Gasteiger partial charge in [0.15, 0.2) is 5.58 Å². The first-order valence-corrected chi connectivity index (χ1v) is 9.62. The predicted molar refractivity (Wildman–Crippen MR) is 116 cm³/mol. The van der Waals surface area contributed by atoms with E-state index in [1.165, 1.54) is 0 Å². The molecule has 27 heavy (non-hydrogen) atoms. The summed E-state index contributed by atoms with van der Waals surface area (Å²) in [6.45, 7) is 0. The van der Waals surface area contributed by atoms with Gasteiger partial charge in [-0.2, -0.15) is 0 Å². The molecule has 0 saturated heterocycles. The van der Waals surface area contributed by atoms with Crippen molar-refractivity contribution in [1.82, 2.24) is 0 Å². The molecule has 3 heteroatoms. The van der Waals surface area contributed by atoms with Crippen molar-refractivity contribution >= 4 is 54.9 Å². The molecular weight excluding hydrogens is 398 g/mol. The van der Waals surface area contributed by atoms with E-state index in [2.05, 4.69) is 93.6 Å². The van der Waals surface area contributed by atoms with Gasteiger partial charge in [0, 0.05) is 22.1 Å². The second-order valence-electron chi connectivity index (χ2n) is 6.38. The van der Waals surface area contributed by atoms with Crippen LogP contribution in [0.5, 0.6) is 0 Å². The second-order valence-corrected chi connectivity index (χ2v) is 7.23.